The summed E-state index contributed by atoms with van der Waals surface area (Å²) in [6.45, 7) is 4.13. The van der Waals surface area contributed by atoms with Gasteiger partial charge in [-0.15, -0.1) is 0 Å². The van der Waals surface area contributed by atoms with Crippen LogP contribution < -0.4 is 10.9 Å². The molecule has 0 saturated carbocycles. The van der Waals surface area contributed by atoms with Gasteiger partial charge in [0.05, 0.1) is 5.52 Å². The van der Waals surface area contributed by atoms with Crippen molar-refractivity contribution in [1.82, 2.24) is 24.2 Å². The van der Waals surface area contributed by atoms with E-state index in [0.29, 0.717) is 24.3 Å². The van der Waals surface area contributed by atoms with E-state index in [-0.39, 0.29) is 17.9 Å². The summed E-state index contributed by atoms with van der Waals surface area (Å²) in [6.07, 6.45) is 8.92. The third kappa shape index (κ3) is 3.94. The van der Waals surface area contributed by atoms with Crippen LogP contribution in [0.4, 0.5) is 0 Å². The average Bonchev–Trinajstić information content (AvgIpc) is 3.06. The maximum Gasteiger partial charge on any atom is 0.276 e. The van der Waals surface area contributed by atoms with Crippen LogP contribution in [0.15, 0.2) is 41.5 Å². The second-order valence-electron chi connectivity index (χ2n) is 7.42. The molecule has 0 aromatic carbocycles. The van der Waals surface area contributed by atoms with E-state index in [2.05, 4.69) is 15.2 Å². The highest BCUT2D eigenvalue weighted by molar-refractivity contribution is 5.77. The van der Waals surface area contributed by atoms with Crippen LogP contribution in [-0.4, -0.2) is 50.9 Å². The van der Waals surface area contributed by atoms with Gasteiger partial charge in [-0.2, -0.15) is 0 Å². The summed E-state index contributed by atoms with van der Waals surface area (Å²) in [6, 6.07) is 7.44. The minimum absolute atomic E-state index is 0.0268. The number of aromatic nitrogens is 3. The number of pyridine rings is 1. The second-order valence-corrected chi connectivity index (χ2v) is 7.42. The molecule has 1 aliphatic heterocycles. The molecule has 1 saturated heterocycles. The van der Waals surface area contributed by atoms with Crippen molar-refractivity contribution >= 4 is 22.6 Å². The predicted molar refractivity (Wildman–Crippen MR) is 109 cm³/mol. The molecule has 7 heteroatoms. The van der Waals surface area contributed by atoms with E-state index in [1.165, 1.54) is 25.7 Å². The van der Waals surface area contributed by atoms with Gasteiger partial charge in [-0.1, -0.05) is 12.8 Å². The number of nitrogens with zero attached hydrogens (tertiary/aromatic N) is 4. The molecule has 0 unspecified atom stereocenters. The van der Waals surface area contributed by atoms with Crippen LogP contribution in [0.1, 0.15) is 32.1 Å². The monoisotopic (exact) mass is 381 g/mol. The third-order valence-electron chi connectivity index (χ3n) is 5.51. The van der Waals surface area contributed by atoms with Crippen LogP contribution in [0, 0.1) is 0 Å². The van der Waals surface area contributed by atoms with Gasteiger partial charge in [-0.05, 0) is 50.2 Å². The fourth-order valence-electron chi connectivity index (χ4n) is 4.01. The Labute approximate surface area is 164 Å². The lowest BCUT2D eigenvalue weighted by atomic mass is 10.2. The summed E-state index contributed by atoms with van der Waals surface area (Å²) in [4.78, 5) is 32.0. The first kappa shape index (κ1) is 18.7. The van der Waals surface area contributed by atoms with E-state index in [1.807, 2.05) is 28.8 Å². The van der Waals surface area contributed by atoms with Gasteiger partial charge in [0, 0.05) is 38.4 Å². The molecule has 1 amide bonds. The van der Waals surface area contributed by atoms with E-state index in [0.717, 1.165) is 25.2 Å². The lowest BCUT2D eigenvalue weighted by Gasteiger charge is -2.19. The smallest absolute Gasteiger partial charge is 0.276 e. The zero-order valence-electron chi connectivity index (χ0n) is 16.1. The summed E-state index contributed by atoms with van der Waals surface area (Å²) in [5.41, 5.74) is 1.95. The normalized spacial score (nSPS) is 15.7. The van der Waals surface area contributed by atoms with Gasteiger partial charge in [0.25, 0.3) is 5.56 Å². The van der Waals surface area contributed by atoms with Crippen molar-refractivity contribution in [3.63, 3.8) is 0 Å². The van der Waals surface area contributed by atoms with Gasteiger partial charge in [0.2, 0.25) is 5.91 Å². The molecule has 7 nitrogen and oxygen atoms in total. The van der Waals surface area contributed by atoms with Gasteiger partial charge >= 0.3 is 0 Å². The molecule has 4 heterocycles. The highest BCUT2D eigenvalue weighted by Crippen LogP contribution is 2.13. The standard InChI is InChI=1S/C21H27N5O2/c27-19(22-11-16-24-12-3-1-2-4-13-24)9-15-26-20-17(7-5-10-23-20)25-14-6-8-18(25)21(26)28/h5-8,10,14H,1-4,9,11-13,15-16H2,(H,22,27). The molecule has 28 heavy (non-hydrogen) atoms. The number of hydrogen-bond donors (Lipinski definition) is 1. The maximum absolute atomic E-state index is 12.8. The van der Waals surface area contributed by atoms with Gasteiger partial charge in [-0.25, -0.2) is 4.98 Å². The van der Waals surface area contributed by atoms with Gasteiger partial charge in [-0.3, -0.25) is 14.2 Å². The molecule has 1 fully saturated rings. The Balaban J connectivity index is 1.40. The first-order valence-corrected chi connectivity index (χ1v) is 10.2. The third-order valence-corrected chi connectivity index (χ3v) is 5.51. The van der Waals surface area contributed by atoms with Crippen LogP contribution in [0.25, 0.3) is 16.7 Å². The van der Waals surface area contributed by atoms with Crippen LogP contribution in [-0.2, 0) is 11.3 Å². The highest BCUT2D eigenvalue weighted by atomic mass is 16.2. The Kier molecular flexibility index (Phi) is 5.71. The molecule has 4 rings (SSSR count). The van der Waals surface area contributed by atoms with E-state index >= 15 is 0 Å². The van der Waals surface area contributed by atoms with Crippen molar-refractivity contribution in [2.45, 2.75) is 38.6 Å². The minimum atomic E-state index is -0.117. The van der Waals surface area contributed by atoms with E-state index in [4.69, 9.17) is 0 Å². The summed E-state index contributed by atoms with van der Waals surface area (Å²) in [5.74, 6) is -0.0268. The average molecular weight is 381 g/mol. The number of carbonyl (C=O) groups excluding carboxylic acids is 1. The summed E-state index contributed by atoms with van der Waals surface area (Å²) >= 11 is 0. The lowest BCUT2D eigenvalue weighted by Crippen LogP contribution is -2.36. The zero-order valence-corrected chi connectivity index (χ0v) is 16.1. The number of hydrogen-bond acceptors (Lipinski definition) is 4. The van der Waals surface area contributed by atoms with E-state index < -0.39 is 0 Å². The van der Waals surface area contributed by atoms with Gasteiger partial charge < -0.3 is 14.6 Å². The Hall–Kier alpha value is -2.67. The molecular formula is C21H27N5O2. The van der Waals surface area contributed by atoms with Crippen LogP contribution in [0.5, 0.6) is 0 Å². The molecule has 0 atom stereocenters. The number of likely N-dealkylation sites (tertiary alicyclic amines) is 1. The van der Waals surface area contributed by atoms with Crippen molar-refractivity contribution < 1.29 is 4.79 Å². The molecule has 0 aliphatic carbocycles. The highest BCUT2D eigenvalue weighted by Gasteiger charge is 2.13. The summed E-state index contributed by atoms with van der Waals surface area (Å²) in [7, 11) is 0. The van der Waals surface area contributed by atoms with Crippen LogP contribution in [0.3, 0.4) is 0 Å². The molecule has 148 valence electrons. The van der Waals surface area contributed by atoms with E-state index in [1.54, 1.807) is 16.8 Å². The Morgan fingerprint density at radius 2 is 1.82 bits per heavy atom. The maximum atomic E-state index is 12.8. The summed E-state index contributed by atoms with van der Waals surface area (Å²) < 4.78 is 3.46. The molecule has 0 radical (unpaired) electrons. The van der Waals surface area contributed by atoms with Crippen molar-refractivity contribution in [3.8, 4) is 0 Å². The van der Waals surface area contributed by atoms with Crippen LogP contribution in [0.2, 0.25) is 0 Å². The number of aryl methyl sites for hydroxylation is 1. The lowest BCUT2D eigenvalue weighted by molar-refractivity contribution is -0.121. The molecule has 1 aliphatic rings. The topological polar surface area (TPSA) is 71.6 Å². The first-order chi connectivity index (χ1) is 13.7. The number of amides is 1. The molecule has 1 N–H and O–H groups in total. The number of carbonyl (C=O) groups is 1. The molecular weight excluding hydrogens is 354 g/mol. The minimum Gasteiger partial charge on any atom is -0.355 e. The Morgan fingerprint density at radius 1 is 1.04 bits per heavy atom. The quantitative estimate of drug-likeness (QED) is 0.709. The van der Waals surface area contributed by atoms with Crippen molar-refractivity contribution in [3.05, 3.63) is 47.0 Å². The number of nitrogens with one attached hydrogen (secondary N) is 1. The number of fused-ring (bicyclic) bond motifs is 3. The largest absolute Gasteiger partial charge is 0.355 e. The Bertz CT molecular complexity index is 1010. The molecule has 3 aromatic heterocycles. The number of rotatable bonds is 6. The second kappa shape index (κ2) is 8.56. The molecule has 0 spiro atoms. The fourth-order valence-corrected chi connectivity index (χ4v) is 4.01. The SMILES string of the molecule is O=C(CCn1c(=O)c2cccn2c2cccnc21)NCCN1CCCCCC1. The predicted octanol–water partition coefficient (Wildman–Crippen LogP) is 2.03. The van der Waals surface area contributed by atoms with E-state index in [9.17, 15) is 9.59 Å². The fraction of sp³-hybridized carbons (Fsp3) is 0.476. The Morgan fingerprint density at radius 3 is 2.64 bits per heavy atom. The van der Waals surface area contributed by atoms with Crippen molar-refractivity contribution in [2.75, 3.05) is 26.2 Å². The van der Waals surface area contributed by atoms with Crippen LogP contribution >= 0.6 is 0 Å². The van der Waals surface area contributed by atoms with Crippen molar-refractivity contribution in [1.29, 1.82) is 0 Å². The first-order valence-electron chi connectivity index (χ1n) is 10.2. The van der Waals surface area contributed by atoms with Crippen molar-refractivity contribution in [2.24, 2.45) is 0 Å². The van der Waals surface area contributed by atoms with Gasteiger partial charge in [0.15, 0.2) is 5.65 Å². The molecule has 0 bridgehead atoms. The zero-order chi connectivity index (χ0) is 19.3. The summed E-state index contributed by atoms with van der Waals surface area (Å²) in [5, 5.41) is 3.00. The van der Waals surface area contributed by atoms with Gasteiger partial charge in [0.1, 0.15) is 5.52 Å². The molecule has 3 aromatic rings.